The van der Waals surface area contributed by atoms with Gasteiger partial charge in [-0.15, -0.1) is 0 Å². The number of carbonyl (C=O) groups excluding carboxylic acids is 3. The fourth-order valence-corrected chi connectivity index (χ4v) is 5.28. The molecule has 0 bridgehead atoms. The van der Waals surface area contributed by atoms with Crippen LogP contribution in [0.4, 0.5) is 0 Å². The van der Waals surface area contributed by atoms with Crippen LogP contribution in [-0.2, 0) is 35.0 Å². The van der Waals surface area contributed by atoms with Gasteiger partial charge in [0.2, 0.25) is 6.10 Å². The highest BCUT2D eigenvalue weighted by molar-refractivity contribution is 5.91. The number of hydrogen-bond donors (Lipinski definition) is 7. The third-order valence-corrected chi connectivity index (χ3v) is 7.60. The van der Waals surface area contributed by atoms with Crippen LogP contribution in [0.15, 0.2) is 79.1 Å². The molecule has 0 aromatic heterocycles. The van der Waals surface area contributed by atoms with E-state index in [1.807, 2.05) is 0 Å². The first-order chi connectivity index (χ1) is 23.8. The summed E-state index contributed by atoms with van der Waals surface area (Å²) in [6.07, 6.45) is 1.54. The van der Waals surface area contributed by atoms with Gasteiger partial charge in [-0.3, -0.25) is 4.79 Å². The summed E-state index contributed by atoms with van der Waals surface area (Å²) in [7, 11) is 1.08. The summed E-state index contributed by atoms with van der Waals surface area (Å²) in [4.78, 5) is 39.4. The van der Waals surface area contributed by atoms with E-state index in [0.29, 0.717) is 11.1 Å². The van der Waals surface area contributed by atoms with Crippen molar-refractivity contribution in [1.29, 1.82) is 0 Å². The topological polar surface area (TPSA) is 230 Å². The standard InChI is InChI=1S/C36H30O14/c1-47-35(45)29(15-18-2-6-24(39)27(42)14-18)49-36(46)32-31-20(5-9-30(44)48-11-10-19-12-22(37)17-23(38)13-19)3-8-26(41)34(31)50-33(32)21-4-7-25(40)28(43)16-21/h2-14,16-17,29,32-33,37-43H,15H2,1H3. The Morgan fingerprint density at radius 1 is 0.780 bits per heavy atom. The van der Waals surface area contributed by atoms with Gasteiger partial charge in [-0.2, -0.15) is 0 Å². The lowest BCUT2D eigenvalue weighted by Crippen LogP contribution is -2.33. The van der Waals surface area contributed by atoms with E-state index in [2.05, 4.69) is 0 Å². The zero-order valence-corrected chi connectivity index (χ0v) is 26.1. The molecular formula is C36H30O14. The largest absolute Gasteiger partial charge is 0.508 e. The molecule has 0 amide bonds. The molecule has 0 radical (unpaired) electrons. The van der Waals surface area contributed by atoms with Crippen molar-refractivity contribution in [2.24, 2.45) is 0 Å². The SMILES string of the molecule is COC(=O)C(Cc1ccc(O)c(O)c1)OC(=O)C1c2c(C=CC(=O)OC=Cc3cc(O)cc(O)c3)ccc(O)c2OC1c1ccc(O)c(O)c1. The van der Waals surface area contributed by atoms with E-state index in [1.54, 1.807) is 0 Å². The number of benzene rings is 4. The highest BCUT2D eigenvalue weighted by Crippen LogP contribution is 2.53. The van der Waals surface area contributed by atoms with Crippen LogP contribution in [0.2, 0.25) is 0 Å². The molecule has 0 saturated carbocycles. The van der Waals surface area contributed by atoms with Crippen LogP contribution >= 0.6 is 0 Å². The Balaban J connectivity index is 1.48. The van der Waals surface area contributed by atoms with Crippen molar-refractivity contribution >= 4 is 30.1 Å². The van der Waals surface area contributed by atoms with Crippen molar-refractivity contribution in [3.8, 4) is 46.0 Å². The fraction of sp³-hybridized carbons (Fsp3) is 0.139. The van der Waals surface area contributed by atoms with Crippen molar-refractivity contribution in [3.63, 3.8) is 0 Å². The Morgan fingerprint density at radius 3 is 2.10 bits per heavy atom. The van der Waals surface area contributed by atoms with Gasteiger partial charge in [0.1, 0.15) is 23.5 Å². The van der Waals surface area contributed by atoms with Crippen molar-refractivity contribution in [1.82, 2.24) is 0 Å². The Bertz CT molecular complexity index is 1990. The molecule has 4 aromatic rings. The molecule has 0 saturated heterocycles. The van der Waals surface area contributed by atoms with E-state index in [4.69, 9.17) is 18.9 Å². The minimum absolute atomic E-state index is 0.0493. The molecule has 50 heavy (non-hydrogen) atoms. The van der Waals surface area contributed by atoms with Crippen molar-refractivity contribution < 1.29 is 69.1 Å². The van der Waals surface area contributed by atoms with E-state index >= 15 is 0 Å². The molecule has 1 aliphatic rings. The van der Waals surface area contributed by atoms with Crippen LogP contribution in [0.25, 0.3) is 12.2 Å². The third kappa shape index (κ3) is 7.65. The minimum Gasteiger partial charge on any atom is -0.508 e. The normalized spacial score (nSPS) is 15.7. The van der Waals surface area contributed by atoms with E-state index in [-0.39, 0.29) is 46.1 Å². The first kappa shape index (κ1) is 34.5. The first-order valence-electron chi connectivity index (χ1n) is 14.8. The number of phenols is 7. The Morgan fingerprint density at radius 2 is 1.44 bits per heavy atom. The van der Waals surface area contributed by atoms with Crippen molar-refractivity contribution in [2.45, 2.75) is 24.5 Å². The lowest BCUT2D eigenvalue weighted by molar-refractivity contribution is -0.167. The van der Waals surface area contributed by atoms with Gasteiger partial charge in [-0.25, -0.2) is 9.59 Å². The molecule has 0 fully saturated rings. The number of aromatic hydroxyl groups is 7. The first-order valence-corrected chi connectivity index (χ1v) is 14.8. The van der Waals surface area contributed by atoms with Crippen LogP contribution in [0.1, 0.15) is 39.8 Å². The Labute approximate surface area is 283 Å². The van der Waals surface area contributed by atoms with Crippen LogP contribution in [0.3, 0.4) is 0 Å². The smallest absolute Gasteiger partial charge is 0.347 e. The number of methoxy groups -OCH3 is 1. The summed E-state index contributed by atoms with van der Waals surface area (Å²) in [5, 5.41) is 69.7. The molecule has 0 spiro atoms. The Kier molecular flexibility index (Phi) is 10.0. The number of hydrogen-bond acceptors (Lipinski definition) is 14. The van der Waals surface area contributed by atoms with Gasteiger partial charge in [0.15, 0.2) is 34.5 Å². The molecule has 0 aliphatic carbocycles. The minimum atomic E-state index is -1.55. The second-order valence-corrected chi connectivity index (χ2v) is 11.0. The van der Waals surface area contributed by atoms with Gasteiger partial charge in [-0.1, -0.05) is 18.2 Å². The van der Waals surface area contributed by atoms with E-state index in [0.717, 1.165) is 37.6 Å². The molecule has 4 aromatic carbocycles. The zero-order valence-electron chi connectivity index (χ0n) is 26.1. The fourth-order valence-electron chi connectivity index (χ4n) is 5.28. The molecule has 5 rings (SSSR count). The molecule has 258 valence electrons. The highest BCUT2D eigenvalue weighted by Gasteiger charge is 2.46. The van der Waals surface area contributed by atoms with E-state index < -0.39 is 59.0 Å². The van der Waals surface area contributed by atoms with E-state index in [1.165, 1.54) is 60.7 Å². The second kappa shape index (κ2) is 14.5. The number of ether oxygens (including phenoxy) is 4. The predicted octanol–water partition coefficient (Wildman–Crippen LogP) is 4.40. The van der Waals surface area contributed by atoms with Gasteiger partial charge >= 0.3 is 17.9 Å². The molecule has 1 heterocycles. The third-order valence-electron chi connectivity index (χ3n) is 7.60. The number of carbonyl (C=O) groups is 3. The quantitative estimate of drug-likeness (QED) is 0.0403. The summed E-state index contributed by atoms with van der Waals surface area (Å²) in [6, 6.07) is 13.9. The predicted molar refractivity (Wildman–Crippen MR) is 173 cm³/mol. The molecule has 3 atom stereocenters. The van der Waals surface area contributed by atoms with Gasteiger partial charge in [0.05, 0.1) is 13.4 Å². The summed E-state index contributed by atoms with van der Waals surface area (Å²) in [6.45, 7) is 0. The molecular weight excluding hydrogens is 656 g/mol. The van der Waals surface area contributed by atoms with Gasteiger partial charge in [0, 0.05) is 24.1 Å². The van der Waals surface area contributed by atoms with E-state index in [9.17, 15) is 50.1 Å². The lowest BCUT2D eigenvalue weighted by Gasteiger charge is -2.22. The van der Waals surface area contributed by atoms with Crippen molar-refractivity contribution in [3.05, 3.63) is 107 Å². The molecule has 7 N–H and O–H groups in total. The van der Waals surface area contributed by atoms with Crippen LogP contribution in [0.5, 0.6) is 46.0 Å². The van der Waals surface area contributed by atoms with Crippen LogP contribution in [0, 0.1) is 0 Å². The maximum atomic E-state index is 14.1. The molecule has 14 nitrogen and oxygen atoms in total. The van der Waals surface area contributed by atoms with Crippen LogP contribution < -0.4 is 4.74 Å². The number of esters is 3. The average molecular weight is 687 g/mol. The van der Waals surface area contributed by atoms with Crippen molar-refractivity contribution in [2.75, 3.05) is 7.11 Å². The maximum absolute atomic E-state index is 14.1. The monoisotopic (exact) mass is 686 g/mol. The number of phenolic OH excluding ortho intramolecular Hbond substituents is 7. The number of fused-ring (bicyclic) bond motifs is 1. The highest BCUT2D eigenvalue weighted by atomic mass is 16.6. The van der Waals surface area contributed by atoms with Gasteiger partial charge in [-0.05, 0) is 76.9 Å². The summed E-state index contributed by atoms with van der Waals surface area (Å²) >= 11 is 0. The molecule has 14 heteroatoms. The van der Waals surface area contributed by atoms with Gasteiger partial charge < -0.3 is 54.7 Å². The Hall–Kier alpha value is -6.83. The zero-order chi connectivity index (χ0) is 36.1. The molecule has 3 unspecified atom stereocenters. The summed E-state index contributed by atoms with van der Waals surface area (Å²) in [5.41, 5.74) is 1.07. The molecule has 1 aliphatic heterocycles. The van der Waals surface area contributed by atoms with Gasteiger partial charge in [0.25, 0.3) is 0 Å². The average Bonchev–Trinajstić information content (AvgIpc) is 3.48. The lowest BCUT2D eigenvalue weighted by atomic mass is 9.87. The maximum Gasteiger partial charge on any atom is 0.347 e. The summed E-state index contributed by atoms with van der Waals surface area (Å²) in [5.74, 6) is -7.11. The second-order valence-electron chi connectivity index (χ2n) is 11.0. The number of rotatable bonds is 10. The van der Waals surface area contributed by atoms with Crippen LogP contribution in [-0.4, -0.2) is 66.9 Å². The summed E-state index contributed by atoms with van der Waals surface area (Å²) < 4.78 is 21.6.